The minimum absolute atomic E-state index is 0.277. The molecule has 0 saturated heterocycles. The molecule has 0 amide bonds. The molecule has 1 aromatic carbocycles. The van der Waals surface area contributed by atoms with Crippen molar-refractivity contribution < 1.29 is 4.42 Å². The summed E-state index contributed by atoms with van der Waals surface area (Å²) in [6.07, 6.45) is 5.35. The molecule has 1 aliphatic heterocycles. The lowest BCUT2D eigenvalue weighted by Gasteiger charge is -2.25. The van der Waals surface area contributed by atoms with E-state index in [0.717, 1.165) is 62.1 Å². The molecule has 0 fully saturated rings. The summed E-state index contributed by atoms with van der Waals surface area (Å²) in [5.41, 5.74) is 1.19. The first-order valence-corrected chi connectivity index (χ1v) is 10.3. The third-order valence-electron chi connectivity index (χ3n) is 5.07. The molecule has 29 heavy (non-hydrogen) atoms. The number of aromatic nitrogens is 3. The Balaban J connectivity index is 1.39. The molecule has 0 aliphatic carbocycles. The van der Waals surface area contributed by atoms with E-state index in [9.17, 15) is 0 Å². The highest BCUT2D eigenvalue weighted by molar-refractivity contribution is 5.80. The fraction of sp³-hybridized carbons (Fsp3) is 0.409. The minimum Gasteiger partial charge on any atom is -0.469 e. The van der Waals surface area contributed by atoms with Crippen LogP contribution in [-0.4, -0.2) is 33.3 Å². The first-order chi connectivity index (χ1) is 14.3. The van der Waals surface area contributed by atoms with E-state index in [2.05, 4.69) is 39.8 Å². The van der Waals surface area contributed by atoms with Crippen LogP contribution < -0.4 is 10.6 Å². The highest BCUT2D eigenvalue weighted by atomic mass is 16.3. The molecular weight excluding hydrogens is 364 g/mol. The van der Waals surface area contributed by atoms with E-state index < -0.39 is 0 Å². The van der Waals surface area contributed by atoms with Crippen LogP contribution in [0.4, 0.5) is 0 Å². The van der Waals surface area contributed by atoms with E-state index in [1.54, 1.807) is 6.26 Å². The molecule has 0 spiro atoms. The number of rotatable bonds is 7. The van der Waals surface area contributed by atoms with Crippen LogP contribution in [0.5, 0.6) is 0 Å². The zero-order chi connectivity index (χ0) is 19.9. The summed E-state index contributed by atoms with van der Waals surface area (Å²) >= 11 is 0. The predicted molar refractivity (Wildman–Crippen MR) is 113 cm³/mol. The van der Waals surface area contributed by atoms with E-state index in [0.29, 0.717) is 6.54 Å². The van der Waals surface area contributed by atoms with Gasteiger partial charge in [0, 0.05) is 31.8 Å². The first kappa shape index (κ1) is 19.2. The summed E-state index contributed by atoms with van der Waals surface area (Å²) in [6.45, 7) is 4.30. The van der Waals surface area contributed by atoms with Crippen molar-refractivity contribution in [2.24, 2.45) is 4.99 Å². The quantitative estimate of drug-likeness (QED) is 0.477. The number of aryl methyl sites for hydroxylation is 2. The molecule has 4 rings (SSSR count). The van der Waals surface area contributed by atoms with Gasteiger partial charge in [0.05, 0.1) is 19.4 Å². The van der Waals surface area contributed by atoms with E-state index in [1.165, 1.54) is 5.56 Å². The second-order valence-electron chi connectivity index (χ2n) is 7.27. The van der Waals surface area contributed by atoms with Crippen LogP contribution in [0.25, 0.3) is 0 Å². The third kappa shape index (κ3) is 5.25. The van der Waals surface area contributed by atoms with Crippen molar-refractivity contribution in [2.75, 3.05) is 6.54 Å². The Hall–Kier alpha value is -3.09. The normalized spacial score (nSPS) is 16.4. The van der Waals surface area contributed by atoms with Gasteiger partial charge in [-0.05, 0) is 24.1 Å². The van der Waals surface area contributed by atoms with Crippen molar-refractivity contribution in [1.82, 2.24) is 25.4 Å². The molecule has 2 N–H and O–H groups in total. The topological polar surface area (TPSA) is 80.3 Å². The Morgan fingerprint density at radius 3 is 2.93 bits per heavy atom. The molecule has 0 radical (unpaired) electrons. The molecule has 1 unspecified atom stereocenters. The van der Waals surface area contributed by atoms with E-state index in [-0.39, 0.29) is 6.04 Å². The van der Waals surface area contributed by atoms with Crippen LogP contribution in [0, 0.1) is 0 Å². The maximum atomic E-state index is 5.43. The van der Waals surface area contributed by atoms with Gasteiger partial charge in [-0.1, -0.05) is 37.3 Å². The summed E-state index contributed by atoms with van der Waals surface area (Å²) in [5, 5.41) is 11.7. The van der Waals surface area contributed by atoms with Crippen LogP contribution in [0.3, 0.4) is 0 Å². The van der Waals surface area contributed by atoms with Gasteiger partial charge in [-0.2, -0.15) is 5.10 Å². The molecule has 7 heteroatoms. The van der Waals surface area contributed by atoms with Crippen molar-refractivity contribution in [2.45, 2.75) is 51.7 Å². The van der Waals surface area contributed by atoms with Gasteiger partial charge in [-0.25, -0.2) is 14.7 Å². The van der Waals surface area contributed by atoms with Crippen LogP contribution in [0.1, 0.15) is 36.3 Å². The van der Waals surface area contributed by atoms with Crippen molar-refractivity contribution in [3.8, 4) is 0 Å². The highest BCUT2D eigenvalue weighted by Crippen LogP contribution is 2.13. The molecule has 3 heterocycles. The number of nitrogens with one attached hydrogen (secondary N) is 2. The molecule has 1 aliphatic rings. The van der Waals surface area contributed by atoms with Gasteiger partial charge in [0.1, 0.15) is 11.6 Å². The Bertz CT molecular complexity index is 916. The lowest BCUT2D eigenvalue weighted by molar-refractivity contribution is 0.391. The molecule has 0 bridgehead atoms. The van der Waals surface area contributed by atoms with Crippen molar-refractivity contribution >= 4 is 5.96 Å². The molecular formula is C22H28N6O. The Morgan fingerprint density at radius 2 is 2.14 bits per heavy atom. The molecule has 152 valence electrons. The molecule has 0 saturated carbocycles. The molecule has 2 aromatic heterocycles. The largest absolute Gasteiger partial charge is 0.469 e. The number of fused-ring (bicyclic) bond motifs is 1. The second kappa shape index (κ2) is 9.41. The summed E-state index contributed by atoms with van der Waals surface area (Å²) in [4.78, 5) is 9.41. The van der Waals surface area contributed by atoms with Gasteiger partial charge < -0.3 is 15.1 Å². The fourth-order valence-corrected chi connectivity index (χ4v) is 3.49. The van der Waals surface area contributed by atoms with E-state index >= 15 is 0 Å². The smallest absolute Gasteiger partial charge is 0.191 e. The van der Waals surface area contributed by atoms with Crippen LogP contribution in [0.2, 0.25) is 0 Å². The lowest BCUT2D eigenvalue weighted by atomic mass is 10.1. The number of hydrogen-bond acceptors (Lipinski definition) is 4. The summed E-state index contributed by atoms with van der Waals surface area (Å²) in [5.74, 6) is 3.81. The zero-order valence-electron chi connectivity index (χ0n) is 16.8. The van der Waals surface area contributed by atoms with E-state index in [4.69, 9.17) is 9.41 Å². The van der Waals surface area contributed by atoms with Gasteiger partial charge in [0.2, 0.25) is 0 Å². The minimum atomic E-state index is 0.277. The van der Waals surface area contributed by atoms with Crippen molar-refractivity contribution in [1.29, 1.82) is 0 Å². The Kier molecular flexibility index (Phi) is 6.24. The summed E-state index contributed by atoms with van der Waals surface area (Å²) < 4.78 is 7.47. The Morgan fingerprint density at radius 1 is 1.24 bits per heavy atom. The fourth-order valence-electron chi connectivity index (χ4n) is 3.49. The van der Waals surface area contributed by atoms with Gasteiger partial charge >= 0.3 is 0 Å². The number of nitrogens with zero attached hydrogens (tertiary/aromatic N) is 4. The van der Waals surface area contributed by atoms with Gasteiger partial charge in [-0.3, -0.25) is 0 Å². The number of guanidine groups is 1. The monoisotopic (exact) mass is 392 g/mol. The van der Waals surface area contributed by atoms with Crippen molar-refractivity contribution in [3.05, 3.63) is 71.7 Å². The zero-order valence-corrected chi connectivity index (χ0v) is 16.8. The lowest BCUT2D eigenvalue weighted by Crippen LogP contribution is -2.47. The predicted octanol–water partition coefficient (Wildman–Crippen LogP) is 2.73. The van der Waals surface area contributed by atoms with Crippen LogP contribution in [0.15, 0.2) is 58.1 Å². The number of aliphatic imine (C=N–C) groups is 1. The second-order valence-corrected chi connectivity index (χ2v) is 7.27. The third-order valence-corrected chi connectivity index (χ3v) is 5.07. The van der Waals surface area contributed by atoms with E-state index in [1.807, 2.05) is 35.0 Å². The maximum absolute atomic E-state index is 5.43. The SMILES string of the molecule is CCc1nc2n(n1)CC(NC(=NCc1ccccc1)NCCc1ccco1)CC2. The molecule has 1 atom stereocenters. The van der Waals surface area contributed by atoms with Gasteiger partial charge in [-0.15, -0.1) is 0 Å². The standard InChI is InChI=1S/C22H28N6O/c1-2-20-26-21-11-10-18(16-28(21)27-20)25-22(23-13-12-19-9-6-14-29-19)24-15-17-7-4-3-5-8-17/h3-9,14,18H,2,10-13,15-16H2,1H3,(H2,23,24,25). The maximum Gasteiger partial charge on any atom is 0.191 e. The average Bonchev–Trinajstić information content (AvgIpc) is 3.41. The van der Waals surface area contributed by atoms with Crippen LogP contribution >= 0.6 is 0 Å². The summed E-state index contributed by atoms with van der Waals surface area (Å²) in [7, 11) is 0. The molecule has 3 aromatic rings. The molecule has 7 nitrogen and oxygen atoms in total. The van der Waals surface area contributed by atoms with Gasteiger partial charge in [0.25, 0.3) is 0 Å². The summed E-state index contributed by atoms with van der Waals surface area (Å²) in [6, 6.07) is 14.5. The first-order valence-electron chi connectivity index (χ1n) is 10.3. The Labute approximate surface area is 171 Å². The number of furan rings is 1. The van der Waals surface area contributed by atoms with Gasteiger partial charge in [0.15, 0.2) is 11.8 Å². The highest BCUT2D eigenvalue weighted by Gasteiger charge is 2.22. The van der Waals surface area contributed by atoms with Crippen molar-refractivity contribution in [3.63, 3.8) is 0 Å². The number of benzene rings is 1. The van der Waals surface area contributed by atoms with Crippen LogP contribution in [-0.2, 0) is 32.4 Å². The number of hydrogen-bond donors (Lipinski definition) is 2. The average molecular weight is 393 g/mol.